The molecule has 5 nitrogen and oxygen atoms in total. The first-order chi connectivity index (χ1) is 12.6. The smallest absolute Gasteiger partial charge is 0.323 e. The Morgan fingerprint density at radius 2 is 1.35 bits per heavy atom. The van der Waals surface area contributed by atoms with Crippen LogP contribution in [0.4, 0.5) is 11.4 Å². The SMILES string of the molecule is CN1c2ccccc2C(C(=O)Oc2c(O)cccc2O)c2ccccc21. The highest BCUT2D eigenvalue weighted by Crippen LogP contribution is 2.46. The van der Waals surface area contributed by atoms with Crippen LogP contribution in [0.5, 0.6) is 17.2 Å². The predicted molar refractivity (Wildman–Crippen MR) is 98.2 cm³/mol. The molecule has 0 spiro atoms. The van der Waals surface area contributed by atoms with Crippen LogP contribution in [-0.2, 0) is 4.79 Å². The number of nitrogens with zero attached hydrogens (tertiary/aromatic N) is 1. The van der Waals surface area contributed by atoms with Gasteiger partial charge in [0.15, 0.2) is 11.5 Å². The van der Waals surface area contributed by atoms with Crippen LogP contribution in [0.2, 0.25) is 0 Å². The lowest BCUT2D eigenvalue weighted by atomic mass is 9.85. The van der Waals surface area contributed by atoms with E-state index in [4.69, 9.17) is 4.74 Å². The summed E-state index contributed by atoms with van der Waals surface area (Å²) in [7, 11) is 1.95. The van der Waals surface area contributed by atoms with Gasteiger partial charge in [0.1, 0.15) is 5.92 Å². The average Bonchev–Trinajstić information content (AvgIpc) is 2.65. The fraction of sp³-hybridized carbons (Fsp3) is 0.0952. The molecule has 0 fully saturated rings. The van der Waals surface area contributed by atoms with E-state index in [1.807, 2.05) is 60.5 Å². The van der Waals surface area contributed by atoms with Crippen LogP contribution >= 0.6 is 0 Å². The summed E-state index contributed by atoms with van der Waals surface area (Å²) in [4.78, 5) is 15.1. The number of rotatable bonds is 2. The van der Waals surface area contributed by atoms with E-state index in [1.54, 1.807) is 0 Å². The molecule has 0 radical (unpaired) electrons. The minimum atomic E-state index is -0.655. The van der Waals surface area contributed by atoms with Crippen molar-refractivity contribution in [2.24, 2.45) is 0 Å². The largest absolute Gasteiger partial charge is 0.504 e. The maximum Gasteiger partial charge on any atom is 0.323 e. The third-order valence-corrected chi connectivity index (χ3v) is 4.63. The van der Waals surface area contributed by atoms with Crippen LogP contribution in [-0.4, -0.2) is 23.2 Å². The van der Waals surface area contributed by atoms with Gasteiger partial charge in [0.2, 0.25) is 5.75 Å². The Morgan fingerprint density at radius 1 is 0.846 bits per heavy atom. The second kappa shape index (κ2) is 6.11. The number of esters is 1. The zero-order valence-corrected chi connectivity index (χ0v) is 14.1. The molecule has 1 heterocycles. The van der Waals surface area contributed by atoms with Crippen LogP contribution in [0.3, 0.4) is 0 Å². The zero-order chi connectivity index (χ0) is 18.3. The molecule has 0 aliphatic carbocycles. The van der Waals surface area contributed by atoms with Crippen molar-refractivity contribution in [1.82, 2.24) is 0 Å². The molecule has 26 heavy (non-hydrogen) atoms. The van der Waals surface area contributed by atoms with E-state index in [1.165, 1.54) is 18.2 Å². The summed E-state index contributed by atoms with van der Waals surface area (Å²) < 4.78 is 5.41. The number of benzene rings is 3. The van der Waals surface area contributed by atoms with Gasteiger partial charge in [0.25, 0.3) is 0 Å². The number of aromatic hydroxyl groups is 2. The molecule has 0 aromatic heterocycles. The molecule has 5 heteroatoms. The van der Waals surface area contributed by atoms with Crippen LogP contribution in [0.1, 0.15) is 17.0 Å². The van der Waals surface area contributed by atoms with Gasteiger partial charge in [0, 0.05) is 18.4 Å². The number of phenols is 2. The molecule has 1 aliphatic rings. The highest BCUT2D eigenvalue weighted by Gasteiger charge is 2.35. The van der Waals surface area contributed by atoms with Crippen molar-refractivity contribution in [3.8, 4) is 17.2 Å². The van der Waals surface area contributed by atoms with E-state index >= 15 is 0 Å². The number of para-hydroxylation sites is 3. The van der Waals surface area contributed by atoms with Crippen molar-refractivity contribution in [3.63, 3.8) is 0 Å². The molecule has 2 N–H and O–H groups in total. The number of carbonyl (C=O) groups excluding carboxylic acids is 1. The fourth-order valence-corrected chi connectivity index (χ4v) is 3.40. The van der Waals surface area contributed by atoms with E-state index < -0.39 is 11.9 Å². The number of phenolic OH excluding ortho intramolecular Hbond substituents is 2. The maximum absolute atomic E-state index is 13.0. The molecule has 0 unspecified atom stereocenters. The van der Waals surface area contributed by atoms with Gasteiger partial charge < -0.3 is 19.8 Å². The van der Waals surface area contributed by atoms with Crippen molar-refractivity contribution in [2.45, 2.75) is 5.92 Å². The van der Waals surface area contributed by atoms with Crippen molar-refractivity contribution in [1.29, 1.82) is 0 Å². The molecule has 3 aromatic rings. The molecule has 3 aromatic carbocycles. The second-order valence-corrected chi connectivity index (χ2v) is 6.16. The lowest BCUT2D eigenvalue weighted by molar-refractivity contribution is -0.135. The number of anilines is 2. The quantitative estimate of drug-likeness (QED) is 0.543. The average molecular weight is 347 g/mol. The molecular weight excluding hydrogens is 330 g/mol. The molecule has 0 atom stereocenters. The maximum atomic E-state index is 13.0. The molecule has 130 valence electrons. The van der Waals surface area contributed by atoms with Crippen molar-refractivity contribution in [2.75, 3.05) is 11.9 Å². The summed E-state index contributed by atoms with van der Waals surface area (Å²) in [6, 6.07) is 19.4. The summed E-state index contributed by atoms with van der Waals surface area (Å²) in [6.45, 7) is 0. The van der Waals surface area contributed by atoms with Crippen molar-refractivity contribution < 1.29 is 19.7 Å². The Hall–Kier alpha value is -3.47. The highest BCUT2D eigenvalue weighted by molar-refractivity contribution is 5.92. The first kappa shape index (κ1) is 16.0. The molecule has 1 aliphatic heterocycles. The second-order valence-electron chi connectivity index (χ2n) is 6.16. The van der Waals surface area contributed by atoms with Gasteiger partial charge in [-0.25, -0.2) is 0 Å². The standard InChI is InChI=1S/C21H17NO4/c1-22-15-9-4-2-7-13(15)19(14-8-3-5-10-16(14)22)21(25)26-20-17(23)11-6-12-18(20)24/h2-12,19,23-24H,1H3. The Labute approximate surface area is 150 Å². The van der Waals surface area contributed by atoms with Crippen molar-refractivity contribution in [3.05, 3.63) is 77.9 Å². The minimum Gasteiger partial charge on any atom is -0.504 e. The van der Waals surface area contributed by atoms with Crippen LogP contribution in [0, 0.1) is 0 Å². The van der Waals surface area contributed by atoms with Crippen LogP contribution < -0.4 is 9.64 Å². The monoisotopic (exact) mass is 347 g/mol. The molecular formula is C21H17NO4. The Kier molecular flexibility index (Phi) is 3.77. The van der Waals surface area contributed by atoms with Gasteiger partial charge in [-0.3, -0.25) is 4.79 Å². The normalized spacial score (nSPS) is 13.0. The topological polar surface area (TPSA) is 70.0 Å². The predicted octanol–water partition coefficient (Wildman–Crippen LogP) is 3.92. The van der Waals surface area contributed by atoms with Crippen LogP contribution in [0.25, 0.3) is 0 Å². The first-order valence-electron chi connectivity index (χ1n) is 8.22. The van der Waals surface area contributed by atoms with Crippen LogP contribution in [0.15, 0.2) is 66.7 Å². The molecule has 4 rings (SSSR count). The van der Waals surface area contributed by atoms with Gasteiger partial charge in [-0.05, 0) is 35.4 Å². The Bertz CT molecular complexity index is 931. The highest BCUT2D eigenvalue weighted by atomic mass is 16.5. The van der Waals surface area contributed by atoms with Gasteiger partial charge in [-0.1, -0.05) is 42.5 Å². The number of ether oxygens (including phenoxy) is 1. The van der Waals surface area contributed by atoms with Crippen molar-refractivity contribution >= 4 is 17.3 Å². The third-order valence-electron chi connectivity index (χ3n) is 4.63. The summed E-state index contributed by atoms with van der Waals surface area (Å²) >= 11 is 0. The van der Waals surface area contributed by atoms with E-state index in [0.29, 0.717) is 0 Å². The lowest BCUT2D eigenvalue weighted by Crippen LogP contribution is -2.28. The zero-order valence-electron chi connectivity index (χ0n) is 14.1. The van der Waals surface area contributed by atoms with Gasteiger partial charge in [-0.2, -0.15) is 0 Å². The minimum absolute atomic E-state index is 0.230. The summed E-state index contributed by atoms with van der Waals surface area (Å²) in [6.07, 6.45) is 0. The fourth-order valence-electron chi connectivity index (χ4n) is 3.40. The molecule has 0 bridgehead atoms. The van der Waals surface area contributed by atoms with Gasteiger partial charge in [-0.15, -0.1) is 0 Å². The molecule has 0 saturated heterocycles. The van der Waals surface area contributed by atoms with E-state index in [9.17, 15) is 15.0 Å². The number of hydrogen-bond acceptors (Lipinski definition) is 5. The number of carbonyl (C=O) groups is 1. The number of fused-ring (bicyclic) bond motifs is 2. The number of hydrogen-bond donors (Lipinski definition) is 2. The molecule has 0 amide bonds. The molecule has 0 saturated carbocycles. The Balaban J connectivity index is 1.81. The third kappa shape index (κ3) is 2.45. The van der Waals surface area contributed by atoms with E-state index in [2.05, 4.69) is 0 Å². The summed E-state index contributed by atoms with van der Waals surface area (Å²) in [5, 5.41) is 19.9. The van der Waals surface area contributed by atoms with Gasteiger partial charge >= 0.3 is 5.97 Å². The van der Waals surface area contributed by atoms with E-state index in [-0.39, 0.29) is 17.2 Å². The lowest BCUT2D eigenvalue weighted by Gasteiger charge is -2.34. The summed E-state index contributed by atoms with van der Waals surface area (Å²) in [5.41, 5.74) is 3.45. The summed E-state index contributed by atoms with van der Waals surface area (Å²) in [5.74, 6) is -2.01. The first-order valence-corrected chi connectivity index (χ1v) is 8.22. The van der Waals surface area contributed by atoms with Gasteiger partial charge in [0.05, 0.1) is 0 Å². The Morgan fingerprint density at radius 3 is 1.88 bits per heavy atom. The van der Waals surface area contributed by atoms with E-state index in [0.717, 1.165) is 22.5 Å².